The van der Waals surface area contributed by atoms with E-state index in [1.54, 1.807) is 0 Å². The zero-order valence-electron chi connectivity index (χ0n) is 15.8. The molecule has 0 aromatic heterocycles. The van der Waals surface area contributed by atoms with Crippen LogP contribution in [0, 0.1) is 0 Å². The molecular formula is C15H14Br3F3N2O7S. The fourth-order valence-electron chi connectivity index (χ4n) is 2.14. The van der Waals surface area contributed by atoms with Crippen LogP contribution in [0.4, 0.5) is 24.5 Å². The van der Waals surface area contributed by atoms with Gasteiger partial charge in [0.15, 0.2) is 0 Å². The van der Waals surface area contributed by atoms with Crippen LogP contribution in [0.5, 0.6) is 0 Å². The van der Waals surface area contributed by atoms with Crippen molar-refractivity contribution >= 4 is 87.1 Å². The zero-order chi connectivity index (χ0) is 24.5. The molecule has 16 heteroatoms. The van der Waals surface area contributed by atoms with Gasteiger partial charge in [0.25, 0.3) is 10.1 Å². The third kappa shape index (κ3) is 7.13. The van der Waals surface area contributed by atoms with E-state index in [4.69, 9.17) is 4.55 Å². The number of benzene rings is 1. The van der Waals surface area contributed by atoms with Gasteiger partial charge in [0, 0.05) is 20.9 Å². The monoisotopic (exact) mass is 660 g/mol. The van der Waals surface area contributed by atoms with E-state index in [0.29, 0.717) is 0 Å². The number of halogens is 6. The molecule has 31 heavy (non-hydrogen) atoms. The van der Waals surface area contributed by atoms with Gasteiger partial charge in [-0.2, -0.15) is 21.6 Å². The second-order valence-corrected chi connectivity index (χ2v) is 9.86. The molecule has 0 radical (unpaired) electrons. The van der Waals surface area contributed by atoms with Crippen molar-refractivity contribution in [3.05, 3.63) is 19.0 Å². The Labute approximate surface area is 199 Å². The third-order valence-electron chi connectivity index (χ3n) is 3.58. The molecule has 2 N–H and O–H groups in total. The van der Waals surface area contributed by atoms with E-state index < -0.39 is 51.5 Å². The van der Waals surface area contributed by atoms with Gasteiger partial charge in [-0.05, 0) is 47.8 Å². The number of esters is 1. The number of nitrogens with zero attached hydrogens (tertiary/aromatic N) is 1. The lowest BCUT2D eigenvalue weighted by Crippen LogP contribution is -2.39. The second kappa shape index (κ2) is 10.1. The van der Waals surface area contributed by atoms with Gasteiger partial charge in [-0.15, -0.1) is 0 Å². The molecule has 0 saturated carbocycles. The van der Waals surface area contributed by atoms with E-state index in [-0.39, 0.29) is 24.8 Å². The van der Waals surface area contributed by atoms with Crippen LogP contribution in [0.2, 0.25) is 0 Å². The smallest absolute Gasteiger partial charge is 0.426 e. The van der Waals surface area contributed by atoms with Crippen molar-refractivity contribution in [2.75, 3.05) is 23.0 Å². The van der Waals surface area contributed by atoms with E-state index in [1.165, 1.54) is 14.0 Å². The Bertz CT molecular complexity index is 1030. The quantitative estimate of drug-likeness (QED) is 0.349. The van der Waals surface area contributed by atoms with Crippen LogP contribution in [0.1, 0.15) is 24.2 Å². The maximum Gasteiger partial charge on any atom is 0.426 e. The summed E-state index contributed by atoms with van der Waals surface area (Å²) in [6.45, 7) is 2.29. The highest BCUT2D eigenvalue weighted by atomic mass is 79.9. The number of anilines is 2. The van der Waals surface area contributed by atoms with E-state index in [0.717, 1.165) is 11.8 Å². The fourth-order valence-corrected chi connectivity index (χ4v) is 5.82. The minimum absolute atomic E-state index is 0.0373. The number of alkyl halides is 3. The van der Waals surface area contributed by atoms with Crippen LogP contribution in [-0.4, -0.2) is 55.8 Å². The summed E-state index contributed by atoms with van der Waals surface area (Å²) in [6, 6.07) is 0. The Morgan fingerprint density at radius 3 is 2.03 bits per heavy atom. The zero-order valence-corrected chi connectivity index (χ0v) is 21.4. The number of carbonyl (C=O) groups is 3. The van der Waals surface area contributed by atoms with Crippen molar-refractivity contribution in [1.29, 1.82) is 0 Å². The summed E-state index contributed by atoms with van der Waals surface area (Å²) in [4.78, 5) is 37.1. The summed E-state index contributed by atoms with van der Waals surface area (Å²) < 4.78 is 74.1. The molecule has 0 saturated heterocycles. The standard InChI is InChI=1S/C15H14Br3F3N2O7S/c1-5(24)22-12-9(16)8(10(17)13(11(12)18)23(3)6(2)25)14(26)30-7(15(19,20)21)4-31(27,28)29/h7H,4H2,1-3H3,(H,22,24)(H,27,28,29). The van der Waals surface area contributed by atoms with Crippen molar-refractivity contribution in [1.82, 2.24) is 0 Å². The minimum Gasteiger partial charge on any atom is -0.448 e. The highest BCUT2D eigenvalue weighted by Gasteiger charge is 2.46. The van der Waals surface area contributed by atoms with Gasteiger partial charge in [0.05, 0.1) is 30.4 Å². The lowest BCUT2D eigenvalue weighted by atomic mass is 10.1. The highest BCUT2D eigenvalue weighted by Crippen LogP contribution is 2.47. The molecule has 1 aromatic rings. The van der Waals surface area contributed by atoms with Crippen molar-refractivity contribution in [3.8, 4) is 0 Å². The van der Waals surface area contributed by atoms with Gasteiger partial charge in [-0.25, -0.2) is 4.79 Å². The average Bonchev–Trinajstić information content (AvgIpc) is 2.55. The van der Waals surface area contributed by atoms with Gasteiger partial charge in [-0.1, -0.05) is 0 Å². The number of nitrogens with one attached hydrogen (secondary N) is 1. The minimum atomic E-state index is -5.32. The van der Waals surface area contributed by atoms with Gasteiger partial charge in [0.2, 0.25) is 17.9 Å². The Kier molecular flexibility index (Phi) is 9.10. The van der Waals surface area contributed by atoms with Gasteiger partial charge < -0.3 is 15.0 Å². The first-order valence-electron chi connectivity index (χ1n) is 7.83. The van der Waals surface area contributed by atoms with Gasteiger partial charge in [0.1, 0.15) is 5.75 Å². The molecule has 1 unspecified atom stereocenters. The number of ether oxygens (including phenoxy) is 1. The maximum absolute atomic E-state index is 13.2. The lowest BCUT2D eigenvalue weighted by Gasteiger charge is -2.25. The molecule has 1 atom stereocenters. The molecule has 1 rings (SSSR count). The first-order valence-corrected chi connectivity index (χ1v) is 11.8. The summed E-state index contributed by atoms with van der Waals surface area (Å²) in [5.41, 5.74) is -0.728. The molecule has 0 fully saturated rings. The summed E-state index contributed by atoms with van der Waals surface area (Å²) in [6.07, 6.45) is -8.50. The van der Waals surface area contributed by atoms with Crippen molar-refractivity contribution in [3.63, 3.8) is 0 Å². The molecule has 174 valence electrons. The molecule has 9 nitrogen and oxygen atoms in total. The van der Waals surface area contributed by atoms with Crippen molar-refractivity contribution in [2.24, 2.45) is 0 Å². The largest absolute Gasteiger partial charge is 0.448 e. The van der Waals surface area contributed by atoms with Crippen LogP contribution in [0.15, 0.2) is 13.4 Å². The molecule has 2 amide bonds. The van der Waals surface area contributed by atoms with Gasteiger partial charge >= 0.3 is 12.1 Å². The van der Waals surface area contributed by atoms with Crippen LogP contribution in [0.3, 0.4) is 0 Å². The van der Waals surface area contributed by atoms with Crippen LogP contribution >= 0.6 is 47.8 Å². The fraction of sp³-hybridized carbons (Fsp3) is 0.400. The first-order chi connectivity index (χ1) is 13.9. The molecule has 0 heterocycles. The number of carbonyl (C=O) groups excluding carboxylic acids is 3. The Morgan fingerprint density at radius 2 is 1.65 bits per heavy atom. The predicted octanol–water partition coefficient (Wildman–Crippen LogP) is 3.89. The molecule has 1 aromatic carbocycles. The summed E-state index contributed by atoms with van der Waals surface area (Å²) in [5, 5.41) is 2.36. The molecule has 0 bridgehead atoms. The summed E-state index contributed by atoms with van der Waals surface area (Å²) >= 11 is 9.22. The Balaban J connectivity index is 3.72. The third-order valence-corrected chi connectivity index (χ3v) is 6.64. The molecule has 0 aliphatic carbocycles. The van der Waals surface area contributed by atoms with Crippen LogP contribution in [-0.2, 0) is 24.4 Å². The van der Waals surface area contributed by atoms with E-state index >= 15 is 0 Å². The molecule has 0 aliphatic rings. The van der Waals surface area contributed by atoms with Crippen LogP contribution in [0.25, 0.3) is 0 Å². The van der Waals surface area contributed by atoms with E-state index in [1.807, 2.05) is 0 Å². The van der Waals surface area contributed by atoms with E-state index in [2.05, 4.69) is 57.8 Å². The number of rotatable bonds is 6. The van der Waals surface area contributed by atoms with Gasteiger partial charge in [-0.3, -0.25) is 14.1 Å². The predicted molar refractivity (Wildman–Crippen MR) is 115 cm³/mol. The van der Waals surface area contributed by atoms with Crippen molar-refractivity contribution in [2.45, 2.75) is 26.1 Å². The normalized spacial score (nSPS) is 12.8. The number of hydrogen-bond acceptors (Lipinski definition) is 6. The molecule has 0 spiro atoms. The molecular weight excluding hydrogens is 649 g/mol. The van der Waals surface area contributed by atoms with Crippen molar-refractivity contribution < 1.29 is 45.3 Å². The summed E-state index contributed by atoms with van der Waals surface area (Å²) in [5.74, 6) is -4.72. The number of hydrogen-bond donors (Lipinski definition) is 2. The Hall–Kier alpha value is -1.23. The maximum atomic E-state index is 13.2. The highest BCUT2D eigenvalue weighted by molar-refractivity contribution is 9.12. The summed E-state index contributed by atoms with van der Waals surface area (Å²) in [7, 11) is -3.86. The Morgan fingerprint density at radius 1 is 1.13 bits per heavy atom. The van der Waals surface area contributed by atoms with Crippen LogP contribution < -0.4 is 10.2 Å². The molecule has 0 aliphatic heterocycles. The van der Waals surface area contributed by atoms with E-state index in [9.17, 15) is 36.0 Å². The second-order valence-electron chi connectivity index (χ2n) is 5.98. The number of amides is 2. The average molecular weight is 663 g/mol. The first kappa shape index (κ1) is 27.8. The topological polar surface area (TPSA) is 130 Å². The lowest BCUT2D eigenvalue weighted by molar-refractivity contribution is -0.197. The SMILES string of the molecule is CC(=O)Nc1c(Br)c(C(=O)OC(CS(=O)(=O)O)C(F)(F)F)c(Br)c(N(C)C(C)=O)c1Br.